The molecule has 0 saturated heterocycles. The molecule has 1 atom stereocenters. The molecule has 0 saturated carbocycles. The summed E-state index contributed by atoms with van der Waals surface area (Å²) < 4.78 is 12.1. The molecule has 0 spiro atoms. The number of phenols is 1. The van der Waals surface area contributed by atoms with Crippen molar-refractivity contribution in [1.29, 1.82) is 0 Å². The first-order valence-corrected chi connectivity index (χ1v) is 12.9. The number of ether oxygens (including phenoxy) is 1. The van der Waals surface area contributed by atoms with E-state index in [1.807, 2.05) is 18.2 Å². The number of nitrogens with zero attached hydrogens (tertiary/aromatic N) is 1. The summed E-state index contributed by atoms with van der Waals surface area (Å²) in [6.07, 6.45) is -0.108. The number of carbonyl (C=O) groups is 1. The molecule has 30 heavy (non-hydrogen) atoms. The topological polar surface area (TPSA) is 59.0 Å². The third-order valence-corrected chi connectivity index (χ3v) is 6.08. The van der Waals surface area contributed by atoms with Crippen LogP contribution >= 0.6 is 23.2 Å². The Labute approximate surface area is 189 Å². The summed E-state index contributed by atoms with van der Waals surface area (Å²) in [5.74, 6) is 0.145. The van der Waals surface area contributed by atoms with E-state index in [4.69, 9.17) is 32.4 Å². The van der Waals surface area contributed by atoms with Gasteiger partial charge in [-0.05, 0) is 48.3 Å². The number of fused-ring (bicyclic) bond motifs is 1. The molecule has 2 aromatic carbocycles. The van der Waals surface area contributed by atoms with E-state index in [1.54, 1.807) is 4.90 Å². The Bertz CT molecular complexity index is 936. The van der Waals surface area contributed by atoms with Crippen molar-refractivity contribution < 1.29 is 19.1 Å². The molecule has 0 aromatic heterocycles. The maximum Gasteiger partial charge on any atom is 0.258 e. The zero-order valence-electron chi connectivity index (χ0n) is 17.8. The van der Waals surface area contributed by atoms with Crippen LogP contribution in [0.5, 0.6) is 11.5 Å². The lowest BCUT2D eigenvalue weighted by Gasteiger charge is -2.35. The maximum atomic E-state index is 13.3. The van der Waals surface area contributed by atoms with Gasteiger partial charge >= 0.3 is 0 Å². The first kappa shape index (κ1) is 22.9. The Morgan fingerprint density at radius 1 is 1.20 bits per heavy atom. The van der Waals surface area contributed by atoms with E-state index in [1.165, 1.54) is 12.1 Å². The molecular formula is C22H26Cl2NO4Si. The molecule has 0 aliphatic carbocycles. The summed E-state index contributed by atoms with van der Waals surface area (Å²) >= 11 is 12.0. The molecular weight excluding hydrogens is 441 g/mol. The van der Waals surface area contributed by atoms with Gasteiger partial charge in [-0.25, -0.2) is 0 Å². The van der Waals surface area contributed by atoms with E-state index < -0.39 is 9.04 Å². The van der Waals surface area contributed by atoms with Crippen LogP contribution in [-0.2, 0) is 4.43 Å². The highest BCUT2D eigenvalue weighted by Gasteiger charge is 2.31. The Kier molecular flexibility index (Phi) is 6.72. The van der Waals surface area contributed by atoms with Crippen LogP contribution in [0.3, 0.4) is 0 Å². The SMILES string of the molecule is C[Si](C)OC(c1ccc2c(c1)N(C(=O)c1cc(Cl)c(O)c(Cl)c1)CCO2)C(C)(C)C. The van der Waals surface area contributed by atoms with Gasteiger partial charge < -0.3 is 19.2 Å². The summed E-state index contributed by atoms with van der Waals surface area (Å²) in [4.78, 5) is 14.9. The van der Waals surface area contributed by atoms with Gasteiger partial charge in [0, 0.05) is 5.56 Å². The fraction of sp³-hybridized carbons (Fsp3) is 0.409. The number of amides is 1. The zero-order chi connectivity index (χ0) is 22.2. The number of benzene rings is 2. The van der Waals surface area contributed by atoms with Crippen LogP contribution in [0.15, 0.2) is 30.3 Å². The average molecular weight is 467 g/mol. The highest BCUT2D eigenvalue weighted by Crippen LogP contribution is 2.42. The summed E-state index contributed by atoms with van der Waals surface area (Å²) in [6.45, 7) is 11.4. The van der Waals surface area contributed by atoms with E-state index in [9.17, 15) is 9.90 Å². The van der Waals surface area contributed by atoms with Crippen LogP contribution in [-0.4, -0.2) is 33.2 Å². The van der Waals surface area contributed by atoms with Gasteiger partial charge in [0.1, 0.15) is 12.4 Å². The summed E-state index contributed by atoms with van der Waals surface area (Å²) in [6, 6.07) is 8.71. The van der Waals surface area contributed by atoms with E-state index in [-0.39, 0.29) is 33.2 Å². The van der Waals surface area contributed by atoms with Gasteiger partial charge in [0.15, 0.2) is 5.75 Å². The van der Waals surface area contributed by atoms with Gasteiger partial charge in [-0.2, -0.15) is 0 Å². The minimum absolute atomic E-state index is 0.0369. The molecule has 1 amide bonds. The maximum absolute atomic E-state index is 13.3. The number of halogens is 2. The molecule has 3 rings (SSSR count). The number of carbonyl (C=O) groups excluding carboxylic acids is 1. The molecule has 1 unspecified atom stereocenters. The van der Waals surface area contributed by atoms with Crippen molar-refractivity contribution in [2.75, 3.05) is 18.1 Å². The van der Waals surface area contributed by atoms with Crippen molar-refractivity contribution in [2.45, 2.75) is 40.0 Å². The number of hydrogen-bond donors (Lipinski definition) is 1. The summed E-state index contributed by atoms with van der Waals surface area (Å²) in [5, 5.41) is 9.88. The largest absolute Gasteiger partial charge is 0.505 e. The van der Waals surface area contributed by atoms with Crippen LogP contribution < -0.4 is 9.64 Å². The van der Waals surface area contributed by atoms with Gasteiger partial charge in [0.05, 0.1) is 28.4 Å². The number of phenolic OH excluding ortho intramolecular Hbond substituents is 1. The zero-order valence-corrected chi connectivity index (χ0v) is 20.3. The lowest BCUT2D eigenvalue weighted by molar-refractivity contribution is 0.0864. The Morgan fingerprint density at radius 3 is 2.40 bits per heavy atom. The van der Waals surface area contributed by atoms with Gasteiger partial charge in [-0.1, -0.05) is 50.0 Å². The molecule has 1 heterocycles. The normalized spacial score (nSPS) is 15.0. The molecule has 0 fully saturated rings. The predicted octanol–water partition coefficient (Wildman–Crippen LogP) is 6.09. The average Bonchev–Trinajstić information content (AvgIpc) is 2.67. The Hall–Kier alpha value is -1.73. The van der Waals surface area contributed by atoms with Crippen molar-refractivity contribution in [3.05, 3.63) is 51.5 Å². The monoisotopic (exact) mass is 466 g/mol. The van der Waals surface area contributed by atoms with Crippen LogP contribution in [0, 0.1) is 5.41 Å². The second-order valence-corrected chi connectivity index (χ2v) is 11.5. The number of aromatic hydroxyl groups is 1. The molecule has 1 radical (unpaired) electrons. The quantitative estimate of drug-likeness (QED) is 0.553. The van der Waals surface area contributed by atoms with Crippen molar-refractivity contribution in [3.63, 3.8) is 0 Å². The van der Waals surface area contributed by atoms with Crippen LogP contribution in [0.1, 0.15) is 42.8 Å². The van der Waals surface area contributed by atoms with Gasteiger partial charge in [0.2, 0.25) is 9.04 Å². The van der Waals surface area contributed by atoms with Gasteiger partial charge in [0.25, 0.3) is 5.91 Å². The smallest absolute Gasteiger partial charge is 0.258 e. The first-order valence-electron chi connectivity index (χ1n) is 9.72. The minimum Gasteiger partial charge on any atom is -0.505 e. The molecule has 8 heteroatoms. The van der Waals surface area contributed by atoms with E-state index >= 15 is 0 Å². The first-order chi connectivity index (χ1) is 14.0. The molecule has 1 N–H and O–H groups in total. The van der Waals surface area contributed by atoms with Crippen molar-refractivity contribution in [2.24, 2.45) is 5.41 Å². The molecule has 5 nitrogen and oxygen atoms in total. The van der Waals surface area contributed by atoms with Crippen LogP contribution in [0.2, 0.25) is 23.1 Å². The highest BCUT2D eigenvalue weighted by atomic mass is 35.5. The second kappa shape index (κ2) is 8.79. The lowest BCUT2D eigenvalue weighted by atomic mass is 9.84. The van der Waals surface area contributed by atoms with E-state index in [0.717, 1.165) is 5.56 Å². The fourth-order valence-corrected chi connectivity index (χ4v) is 4.88. The number of rotatable bonds is 4. The summed E-state index contributed by atoms with van der Waals surface area (Å²) in [7, 11) is -0.934. The lowest BCUT2D eigenvalue weighted by Crippen LogP contribution is -2.38. The third kappa shape index (κ3) is 4.77. The molecule has 0 bridgehead atoms. The molecule has 1 aliphatic rings. The van der Waals surface area contributed by atoms with Crippen LogP contribution in [0.4, 0.5) is 5.69 Å². The van der Waals surface area contributed by atoms with Gasteiger partial charge in [-0.3, -0.25) is 4.79 Å². The standard InChI is InChI=1S/C22H26Cl2NO4Si/c1-22(2,3)20(29-30(4)5)13-6-7-18-17(12-13)25(8-9-28-18)21(27)14-10-15(23)19(26)16(24)11-14/h6-7,10-12,20,26H,8-9H2,1-5H3. The number of hydrogen-bond acceptors (Lipinski definition) is 4. The Morgan fingerprint density at radius 2 is 1.83 bits per heavy atom. The van der Waals surface area contributed by atoms with Crippen molar-refractivity contribution >= 4 is 43.8 Å². The number of anilines is 1. The third-order valence-electron chi connectivity index (χ3n) is 4.80. The minimum atomic E-state index is -0.934. The highest BCUT2D eigenvalue weighted by molar-refractivity contribution is 6.48. The molecule has 2 aromatic rings. The second-order valence-electron chi connectivity index (χ2n) is 8.59. The fourth-order valence-electron chi connectivity index (χ4n) is 3.43. The van der Waals surface area contributed by atoms with Crippen molar-refractivity contribution in [3.8, 4) is 11.5 Å². The van der Waals surface area contributed by atoms with E-state index in [2.05, 4.69) is 33.9 Å². The van der Waals surface area contributed by atoms with Crippen LogP contribution in [0.25, 0.3) is 0 Å². The Balaban J connectivity index is 2.02. The van der Waals surface area contributed by atoms with Crippen molar-refractivity contribution in [1.82, 2.24) is 0 Å². The molecule has 1 aliphatic heterocycles. The van der Waals surface area contributed by atoms with Gasteiger partial charge in [-0.15, -0.1) is 0 Å². The summed E-state index contributed by atoms with van der Waals surface area (Å²) in [5.41, 5.74) is 1.87. The predicted molar refractivity (Wildman–Crippen MR) is 123 cm³/mol. The molecule has 161 valence electrons. The van der Waals surface area contributed by atoms with E-state index in [0.29, 0.717) is 30.2 Å².